The van der Waals surface area contributed by atoms with Crippen LogP contribution >= 0.6 is 0 Å². The van der Waals surface area contributed by atoms with E-state index < -0.39 is 0 Å². The van der Waals surface area contributed by atoms with Gasteiger partial charge in [-0.25, -0.2) is 4.98 Å². The quantitative estimate of drug-likeness (QED) is 0.198. The summed E-state index contributed by atoms with van der Waals surface area (Å²) >= 11 is 0. The lowest BCUT2D eigenvalue weighted by molar-refractivity contribution is 0.620. The number of benzene rings is 8. The molecule has 11 rings (SSSR count). The highest BCUT2D eigenvalue weighted by Gasteiger charge is 2.23. The van der Waals surface area contributed by atoms with Crippen molar-refractivity contribution in [2.24, 2.45) is 0 Å². The van der Waals surface area contributed by atoms with E-state index in [2.05, 4.69) is 114 Å². The van der Waals surface area contributed by atoms with Crippen LogP contribution in [0.5, 0.6) is 0 Å². The molecule has 0 aliphatic heterocycles. The number of nitrogens with zero attached hydrogens (tertiary/aromatic N) is 2. The number of hydrogen-bond acceptors (Lipinski definition) is 3. The van der Waals surface area contributed by atoms with E-state index in [9.17, 15) is 0 Å². The third kappa shape index (κ3) is 3.39. The minimum Gasteiger partial charge on any atom is -0.456 e. The molecule has 0 saturated carbocycles. The first kappa shape index (κ1) is 24.9. The number of furan rings is 1. The Bertz CT molecular complexity index is 2960. The molecule has 0 N–H and O–H groups in total. The fraction of sp³-hybridized carbons (Fsp3) is 0. The first-order valence-corrected chi connectivity index (χ1v) is 15.9. The Kier molecular flexibility index (Phi) is 4.81. The highest BCUT2D eigenvalue weighted by molar-refractivity contribution is 6.30. The molecule has 8 aromatic carbocycles. The molecule has 47 heavy (non-hydrogen) atoms. The zero-order chi connectivity index (χ0) is 30.6. The summed E-state index contributed by atoms with van der Waals surface area (Å²) in [5, 5.41) is 11.9. The summed E-state index contributed by atoms with van der Waals surface area (Å²) < 4.78 is 15.3. The van der Waals surface area contributed by atoms with Crippen LogP contribution in [-0.2, 0) is 0 Å². The summed E-state index contributed by atoms with van der Waals surface area (Å²) in [6, 6.07) is 51.4. The van der Waals surface area contributed by atoms with Crippen molar-refractivity contribution in [2.45, 2.75) is 0 Å². The Balaban J connectivity index is 1.34. The lowest BCUT2D eigenvalue weighted by Gasteiger charge is -2.14. The number of aromatic nitrogens is 2. The Labute approximate surface area is 267 Å². The predicted molar refractivity (Wildman–Crippen MR) is 194 cm³/mol. The van der Waals surface area contributed by atoms with Crippen LogP contribution in [0, 0.1) is 0 Å². The second-order valence-electron chi connectivity index (χ2n) is 12.3. The minimum absolute atomic E-state index is 0.597. The first-order valence-electron chi connectivity index (χ1n) is 15.9. The SMILES string of the molecule is c1ccc2c(-n3c4ccc5ccccc5c4c4c5ccccc5ccc43)c3c(cc2c1)oc1ccc(-c2nc4ccccc4o2)cc13. The summed E-state index contributed by atoms with van der Waals surface area (Å²) in [7, 11) is 0. The van der Waals surface area contributed by atoms with Crippen molar-refractivity contribution >= 4 is 87.2 Å². The molecular weight excluding hydrogens is 576 g/mol. The molecular formula is C43H24N2O2. The lowest BCUT2D eigenvalue weighted by atomic mass is 10.00. The van der Waals surface area contributed by atoms with E-state index in [-0.39, 0.29) is 0 Å². The molecule has 0 aliphatic rings. The second kappa shape index (κ2) is 9.09. The van der Waals surface area contributed by atoms with Gasteiger partial charge in [-0.1, -0.05) is 97.1 Å². The summed E-state index contributed by atoms with van der Waals surface area (Å²) in [4.78, 5) is 4.81. The Hall–Kier alpha value is -6.39. The smallest absolute Gasteiger partial charge is 0.227 e. The van der Waals surface area contributed by atoms with Gasteiger partial charge in [-0.2, -0.15) is 0 Å². The molecule has 3 aromatic heterocycles. The third-order valence-electron chi connectivity index (χ3n) is 9.76. The molecule has 0 bridgehead atoms. The molecule has 11 aromatic rings. The molecule has 0 amide bonds. The average molecular weight is 601 g/mol. The van der Waals surface area contributed by atoms with Gasteiger partial charge in [-0.15, -0.1) is 0 Å². The molecule has 218 valence electrons. The average Bonchev–Trinajstić information content (AvgIpc) is 3.82. The summed E-state index contributed by atoms with van der Waals surface area (Å²) in [6.45, 7) is 0. The second-order valence-corrected chi connectivity index (χ2v) is 12.3. The van der Waals surface area contributed by atoms with E-state index >= 15 is 0 Å². The maximum absolute atomic E-state index is 6.65. The van der Waals surface area contributed by atoms with Gasteiger partial charge in [0.2, 0.25) is 5.89 Å². The van der Waals surface area contributed by atoms with Crippen molar-refractivity contribution < 1.29 is 8.83 Å². The molecule has 4 heteroatoms. The molecule has 0 fully saturated rings. The molecule has 0 radical (unpaired) electrons. The fourth-order valence-electron chi connectivity index (χ4n) is 7.73. The minimum atomic E-state index is 0.597. The first-order chi connectivity index (χ1) is 23.3. The van der Waals surface area contributed by atoms with Gasteiger partial charge in [0.05, 0.1) is 22.1 Å². The van der Waals surface area contributed by atoms with Crippen LogP contribution in [0.1, 0.15) is 0 Å². The maximum Gasteiger partial charge on any atom is 0.227 e. The highest BCUT2D eigenvalue weighted by atomic mass is 16.3. The largest absolute Gasteiger partial charge is 0.456 e. The molecule has 3 heterocycles. The Morgan fingerprint density at radius 1 is 0.426 bits per heavy atom. The van der Waals surface area contributed by atoms with Crippen molar-refractivity contribution in [1.82, 2.24) is 9.55 Å². The summed E-state index contributed by atoms with van der Waals surface area (Å²) in [6.07, 6.45) is 0. The molecule has 0 saturated heterocycles. The van der Waals surface area contributed by atoms with E-state index in [0.717, 1.165) is 66.1 Å². The van der Waals surface area contributed by atoms with Crippen molar-refractivity contribution in [3.8, 4) is 17.1 Å². The topological polar surface area (TPSA) is 44.1 Å². The van der Waals surface area contributed by atoms with Gasteiger partial charge < -0.3 is 13.4 Å². The third-order valence-corrected chi connectivity index (χ3v) is 9.76. The maximum atomic E-state index is 6.65. The van der Waals surface area contributed by atoms with Crippen molar-refractivity contribution in [3.63, 3.8) is 0 Å². The number of rotatable bonds is 2. The molecule has 0 spiro atoms. The van der Waals surface area contributed by atoms with E-state index in [4.69, 9.17) is 13.8 Å². The van der Waals surface area contributed by atoms with Crippen molar-refractivity contribution in [2.75, 3.05) is 0 Å². The van der Waals surface area contributed by atoms with E-state index in [1.165, 1.54) is 32.3 Å². The number of oxazole rings is 1. The van der Waals surface area contributed by atoms with Gasteiger partial charge in [-0.3, -0.25) is 0 Å². The van der Waals surface area contributed by atoms with Gasteiger partial charge in [-0.05, 0) is 75.5 Å². The van der Waals surface area contributed by atoms with Crippen LogP contribution in [0.15, 0.2) is 154 Å². The van der Waals surface area contributed by atoms with Gasteiger partial charge in [0.25, 0.3) is 0 Å². The monoisotopic (exact) mass is 600 g/mol. The molecule has 0 unspecified atom stereocenters. The summed E-state index contributed by atoms with van der Waals surface area (Å²) in [5.41, 5.74) is 7.64. The molecule has 4 nitrogen and oxygen atoms in total. The zero-order valence-electron chi connectivity index (χ0n) is 25.1. The van der Waals surface area contributed by atoms with E-state index in [1.807, 2.05) is 36.4 Å². The van der Waals surface area contributed by atoms with Gasteiger partial charge in [0, 0.05) is 27.1 Å². The Morgan fingerprint density at radius 2 is 1.06 bits per heavy atom. The van der Waals surface area contributed by atoms with Crippen LogP contribution in [-0.4, -0.2) is 9.55 Å². The van der Waals surface area contributed by atoms with E-state index in [1.54, 1.807) is 0 Å². The number of fused-ring (bicyclic) bond motifs is 12. The van der Waals surface area contributed by atoms with Gasteiger partial charge in [0.1, 0.15) is 16.7 Å². The van der Waals surface area contributed by atoms with Crippen LogP contribution in [0.25, 0.3) is 104 Å². The van der Waals surface area contributed by atoms with Crippen LogP contribution in [0.2, 0.25) is 0 Å². The van der Waals surface area contributed by atoms with Crippen LogP contribution < -0.4 is 0 Å². The lowest BCUT2D eigenvalue weighted by Crippen LogP contribution is -1.97. The standard InChI is InChI=1S/C43H24N2O2/c1-4-12-29-25(9-1)17-20-34-39(29)40-30-13-5-2-10-26(30)18-21-35(40)45(34)42-31-14-6-3-11-27(31)24-38-41(42)32-23-28(19-22-36(32)46-38)43-44-33-15-7-8-16-37(33)47-43/h1-24H. The number of para-hydroxylation sites is 2. The van der Waals surface area contributed by atoms with Crippen molar-refractivity contribution in [3.05, 3.63) is 146 Å². The predicted octanol–water partition coefficient (Wildman–Crippen LogP) is 12.0. The number of hydrogen-bond donors (Lipinski definition) is 0. The molecule has 0 aliphatic carbocycles. The van der Waals surface area contributed by atoms with E-state index in [0.29, 0.717) is 5.89 Å². The molecule has 0 atom stereocenters. The normalized spacial score (nSPS) is 12.3. The Morgan fingerprint density at radius 3 is 1.79 bits per heavy atom. The fourth-order valence-corrected chi connectivity index (χ4v) is 7.73. The zero-order valence-corrected chi connectivity index (χ0v) is 25.1. The van der Waals surface area contributed by atoms with Gasteiger partial charge >= 0.3 is 0 Å². The van der Waals surface area contributed by atoms with Crippen LogP contribution in [0.4, 0.5) is 0 Å². The highest BCUT2D eigenvalue weighted by Crippen LogP contribution is 2.46. The van der Waals surface area contributed by atoms with Gasteiger partial charge in [0.15, 0.2) is 5.58 Å². The summed E-state index contributed by atoms with van der Waals surface area (Å²) in [5.74, 6) is 0.597. The van der Waals surface area contributed by atoms with Crippen LogP contribution in [0.3, 0.4) is 0 Å². The van der Waals surface area contributed by atoms with Crippen molar-refractivity contribution in [1.29, 1.82) is 0 Å².